The Balaban J connectivity index is 2.55. The van der Waals surface area contributed by atoms with Gasteiger partial charge in [-0.3, -0.25) is 4.98 Å². The van der Waals surface area contributed by atoms with Gasteiger partial charge in [-0.1, -0.05) is 24.3 Å². The molecule has 15 heavy (non-hydrogen) atoms. The van der Waals surface area contributed by atoms with Crippen LogP contribution in [0.1, 0.15) is 18.0 Å². The Bertz CT molecular complexity index is 471. The van der Waals surface area contributed by atoms with E-state index in [9.17, 15) is 0 Å². The fraction of sp³-hybridized carbons (Fsp3) is 0.154. The number of aromatic nitrogens is 1. The van der Waals surface area contributed by atoms with Crippen molar-refractivity contribution in [1.29, 1.82) is 0 Å². The third-order valence-corrected chi connectivity index (χ3v) is 2.53. The van der Waals surface area contributed by atoms with Crippen LogP contribution in [0.25, 0.3) is 10.8 Å². The molecule has 0 aliphatic rings. The average molecular weight is 198 g/mol. The van der Waals surface area contributed by atoms with Crippen LogP contribution in [-0.4, -0.2) is 4.98 Å². The van der Waals surface area contributed by atoms with E-state index in [1.165, 1.54) is 5.39 Å². The first-order valence-corrected chi connectivity index (χ1v) is 5.02. The summed E-state index contributed by atoms with van der Waals surface area (Å²) in [6.45, 7) is 3.71. The van der Waals surface area contributed by atoms with Gasteiger partial charge in [0.2, 0.25) is 0 Å². The summed E-state index contributed by atoms with van der Waals surface area (Å²) in [6, 6.07) is 8.16. The Morgan fingerprint density at radius 2 is 2.27 bits per heavy atom. The fourth-order valence-electron chi connectivity index (χ4n) is 1.78. The average Bonchev–Trinajstić information content (AvgIpc) is 2.28. The highest BCUT2D eigenvalue weighted by atomic mass is 14.6. The van der Waals surface area contributed by atoms with Crippen LogP contribution < -0.4 is 5.73 Å². The molecule has 1 heterocycles. The highest BCUT2D eigenvalue weighted by Crippen LogP contribution is 2.23. The zero-order valence-electron chi connectivity index (χ0n) is 8.56. The number of fused-ring (bicyclic) bond motifs is 1. The second-order valence-corrected chi connectivity index (χ2v) is 3.57. The molecule has 0 fully saturated rings. The summed E-state index contributed by atoms with van der Waals surface area (Å²) in [4.78, 5) is 4.10. The van der Waals surface area contributed by atoms with Gasteiger partial charge in [0.1, 0.15) is 0 Å². The van der Waals surface area contributed by atoms with Crippen molar-refractivity contribution >= 4 is 10.8 Å². The van der Waals surface area contributed by atoms with Gasteiger partial charge in [0.15, 0.2) is 0 Å². The molecule has 0 spiro atoms. The molecule has 0 saturated carbocycles. The lowest BCUT2D eigenvalue weighted by molar-refractivity contribution is 0.748. The molecule has 0 unspecified atom stereocenters. The summed E-state index contributed by atoms with van der Waals surface area (Å²) in [6.07, 6.45) is 6.30. The summed E-state index contributed by atoms with van der Waals surface area (Å²) in [5.41, 5.74) is 7.24. The van der Waals surface area contributed by atoms with Crippen molar-refractivity contribution in [3.05, 3.63) is 54.9 Å². The van der Waals surface area contributed by atoms with Crippen LogP contribution >= 0.6 is 0 Å². The van der Waals surface area contributed by atoms with Gasteiger partial charge in [-0.05, 0) is 23.4 Å². The Labute approximate surface area is 89.4 Å². The number of hydrogen-bond donors (Lipinski definition) is 1. The Morgan fingerprint density at radius 3 is 3.07 bits per heavy atom. The molecule has 2 aromatic rings. The summed E-state index contributed by atoms with van der Waals surface area (Å²) in [7, 11) is 0. The fourth-order valence-corrected chi connectivity index (χ4v) is 1.78. The first-order chi connectivity index (χ1) is 7.33. The van der Waals surface area contributed by atoms with Gasteiger partial charge in [0, 0.05) is 23.8 Å². The quantitative estimate of drug-likeness (QED) is 0.770. The van der Waals surface area contributed by atoms with Crippen LogP contribution in [0.4, 0.5) is 0 Å². The van der Waals surface area contributed by atoms with Crippen molar-refractivity contribution in [2.45, 2.75) is 12.5 Å². The van der Waals surface area contributed by atoms with Crippen molar-refractivity contribution < 1.29 is 0 Å². The van der Waals surface area contributed by atoms with Gasteiger partial charge in [-0.2, -0.15) is 0 Å². The number of benzene rings is 1. The number of pyridine rings is 1. The third-order valence-electron chi connectivity index (χ3n) is 2.53. The van der Waals surface area contributed by atoms with Crippen LogP contribution in [0.15, 0.2) is 49.3 Å². The van der Waals surface area contributed by atoms with Crippen LogP contribution in [0.3, 0.4) is 0 Å². The Kier molecular flexibility index (Phi) is 2.79. The Morgan fingerprint density at radius 1 is 1.40 bits per heavy atom. The van der Waals surface area contributed by atoms with Gasteiger partial charge in [0.05, 0.1) is 0 Å². The van der Waals surface area contributed by atoms with Gasteiger partial charge in [-0.15, -0.1) is 6.58 Å². The zero-order valence-corrected chi connectivity index (χ0v) is 8.56. The first kappa shape index (κ1) is 9.87. The summed E-state index contributed by atoms with van der Waals surface area (Å²) >= 11 is 0. The van der Waals surface area contributed by atoms with Gasteiger partial charge in [0.25, 0.3) is 0 Å². The molecule has 1 atom stereocenters. The molecule has 1 aromatic heterocycles. The third kappa shape index (κ3) is 1.90. The van der Waals surface area contributed by atoms with E-state index in [4.69, 9.17) is 5.73 Å². The summed E-state index contributed by atoms with van der Waals surface area (Å²) < 4.78 is 0. The lowest BCUT2D eigenvalue weighted by Crippen LogP contribution is -2.09. The highest BCUT2D eigenvalue weighted by molar-refractivity contribution is 5.85. The Hall–Kier alpha value is -1.67. The van der Waals surface area contributed by atoms with Crippen LogP contribution in [0.5, 0.6) is 0 Å². The standard InChI is InChI=1S/C13H14N2/c1-2-4-13(14)12-6-3-5-10-9-15-8-7-11(10)12/h2-3,5-9,13H,1,4,14H2/t13-/m0/s1. The SMILES string of the molecule is C=CC[C@H](N)c1cccc2cnccc12. The minimum atomic E-state index is 0.0219. The van der Waals surface area contributed by atoms with Crippen molar-refractivity contribution in [3.8, 4) is 0 Å². The summed E-state index contributed by atoms with van der Waals surface area (Å²) in [5, 5.41) is 2.32. The minimum Gasteiger partial charge on any atom is -0.324 e. The molecule has 2 nitrogen and oxygen atoms in total. The molecular weight excluding hydrogens is 184 g/mol. The molecule has 2 rings (SSSR count). The van der Waals surface area contributed by atoms with E-state index >= 15 is 0 Å². The highest BCUT2D eigenvalue weighted by Gasteiger charge is 2.07. The summed E-state index contributed by atoms with van der Waals surface area (Å²) in [5.74, 6) is 0. The molecular formula is C13H14N2. The molecule has 0 aliphatic carbocycles. The minimum absolute atomic E-state index is 0.0219. The number of hydrogen-bond acceptors (Lipinski definition) is 2. The van der Waals surface area contributed by atoms with E-state index in [0.717, 1.165) is 17.4 Å². The molecule has 0 bridgehead atoms. The maximum atomic E-state index is 6.08. The van der Waals surface area contributed by atoms with Crippen LogP contribution in [0, 0.1) is 0 Å². The molecule has 0 saturated heterocycles. The van der Waals surface area contributed by atoms with E-state index in [0.29, 0.717) is 0 Å². The monoisotopic (exact) mass is 198 g/mol. The first-order valence-electron chi connectivity index (χ1n) is 5.02. The molecule has 1 aromatic carbocycles. The predicted octanol–water partition coefficient (Wildman–Crippen LogP) is 2.81. The van der Waals surface area contributed by atoms with E-state index in [2.05, 4.69) is 17.6 Å². The van der Waals surface area contributed by atoms with Gasteiger partial charge >= 0.3 is 0 Å². The van der Waals surface area contributed by atoms with Crippen molar-refractivity contribution in [3.63, 3.8) is 0 Å². The zero-order chi connectivity index (χ0) is 10.7. The molecule has 0 amide bonds. The van der Waals surface area contributed by atoms with Gasteiger partial charge in [-0.25, -0.2) is 0 Å². The predicted molar refractivity (Wildman–Crippen MR) is 63.5 cm³/mol. The van der Waals surface area contributed by atoms with Crippen molar-refractivity contribution in [2.24, 2.45) is 5.73 Å². The maximum Gasteiger partial charge on any atom is 0.0346 e. The smallest absolute Gasteiger partial charge is 0.0346 e. The van der Waals surface area contributed by atoms with Crippen molar-refractivity contribution in [1.82, 2.24) is 4.98 Å². The second-order valence-electron chi connectivity index (χ2n) is 3.57. The van der Waals surface area contributed by atoms with Gasteiger partial charge < -0.3 is 5.73 Å². The van der Waals surface area contributed by atoms with Crippen LogP contribution in [-0.2, 0) is 0 Å². The second kappa shape index (κ2) is 4.24. The number of nitrogens with two attached hydrogens (primary N) is 1. The normalized spacial score (nSPS) is 12.6. The molecule has 2 N–H and O–H groups in total. The lowest BCUT2D eigenvalue weighted by atomic mass is 9.99. The molecule has 76 valence electrons. The maximum absolute atomic E-state index is 6.08. The van der Waals surface area contributed by atoms with E-state index < -0.39 is 0 Å². The van der Waals surface area contributed by atoms with Crippen LogP contribution in [0.2, 0.25) is 0 Å². The number of rotatable bonds is 3. The number of nitrogens with zero attached hydrogens (tertiary/aromatic N) is 1. The van der Waals surface area contributed by atoms with E-state index in [1.54, 1.807) is 6.20 Å². The molecule has 0 aliphatic heterocycles. The van der Waals surface area contributed by atoms with Crippen molar-refractivity contribution in [2.75, 3.05) is 0 Å². The largest absolute Gasteiger partial charge is 0.324 e. The topological polar surface area (TPSA) is 38.9 Å². The molecule has 2 heteroatoms. The van der Waals surface area contributed by atoms with E-state index in [-0.39, 0.29) is 6.04 Å². The van der Waals surface area contributed by atoms with E-state index in [1.807, 2.05) is 30.5 Å². The lowest BCUT2D eigenvalue weighted by Gasteiger charge is -2.12. The molecule has 0 radical (unpaired) electrons.